The van der Waals surface area contributed by atoms with Gasteiger partial charge in [0.05, 0.1) is 11.4 Å². The maximum absolute atomic E-state index is 14.0. The minimum Gasteiger partial charge on any atom is -0.480 e. The second-order valence-corrected chi connectivity index (χ2v) is 6.42. The van der Waals surface area contributed by atoms with Gasteiger partial charge in [-0.3, -0.25) is 14.4 Å². The van der Waals surface area contributed by atoms with E-state index >= 15 is 0 Å². The predicted octanol–water partition coefficient (Wildman–Crippen LogP) is 2.12. The van der Waals surface area contributed by atoms with Crippen LogP contribution in [0, 0.1) is 19.7 Å². The average Bonchev–Trinajstić information content (AvgIpc) is 2.82. The SMILES string of the molecule is Cc1nn(C)c(C)c1C(C(=O)O)N1CCN(c2ccccc2F)CC1. The van der Waals surface area contributed by atoms with Crippen molar-refractivity contribution in [1.82, 2.24) is 14.7 Å². The summed E-state index contributed by atoms with van der Waals surface area (Å²) in [5, 5.41) is 14.2. The van der Waals surface area contributed by atoms with E-state index in [2.05, 4.69) is 5.10 Å². The number of piperazine rings is 1. The highest BCUT2D eigenvalue weighted by molar-refractivity contribution is 5.76. The fourth-order valence-electron chi connectivity index (χ4n) is 3.58. The third kappa shape index (κ3) is 3.24. The van der Waals surface area contributed by atoms with Gasteiger partial charge in [-0.1, -0.05) is 12.1 Å². The van der Waals surface area contributed by atoms with Gasteiger partial charge in [-0.15, -0.1) is 0 Å². The zero-order valence-electron chi connectivity index (χ0n) is 14.7. The van der Waals surface area contributed by atoms with Crippen molar-refractivity contribution in [3.63, 3.8) is 0 Å². The maximum Gasteiger partial charge on any atom is 0.325 e. The molecule has 25 heavy (non-hydrogen) atoms. The molecular formula is C18H23FN4O2. The first-order valence-electron chi connectivity index (χ1n) is 8.36. The van der Waals surface area contributed by atoms with Gasteiger partial charge in [-0.05, 0) is 26.0 Å². The van der Waals surface area contributed by atoms with Crippen molar-refractivity contribution in [1.29, 1.82) is 0 Å². The quantitative estimate of drug-likeness (QED) is 0.919. The number of anilines is 1. The Morgan fingerprint density at radius 3 is 2.36 bits per heavy atom. The number of carboxylic acids is 1. The molecule has 1 aromatic carbocycles. The summed E-state index contributed by atoms with van der Waals surface area (Å²) in [6.45, 7) is 6.01. The van der Waals surface area contributed by atoms with E-state index in [4.69, 9.17) is 0 Å². The number of aromatic nitrogens is 2. The normalized spacial score (nSPS) is 16.9. The lowest BCUT2D eigenvalue weighted by Gasteiger charge is -2.39. The van der Waals surface area contributed by atoms with Crippen LogP contribution in [0.1, 0.15) is 23.0 Å². The molecule has 1 saturated heterocycles. The molecule has 1 aliphatic heterocycles. The highest BCUT2D eigenvalue weighted by Gasteiger charge is 2.34. The summed E-state index contributed by atoms with van der Waals surface area (Å²) < 4.78 is 15.7. The van der Waals surface area contributed by atoms with Crippen LogP contribution in [-0.2, 0) is 11.8 Å². The smallest absolute Gasteiger partial charge is 0.325 e. The standard InChI is InChI=1S/C18H23FN4O2/c1-12-16(13(2)21(3)20-12)17(18(24)25)23-10-8-22(9-11-23)15-7-5-4-6-14(15)19/h4-7,17H,8-11H2,1-3H3,(H,24,25). The van der Waals surface area contributed by atoms with Gasteiger partial charge < -0.3 is 10.0 Å². The van der Waals surface area contributed by atoms with Gasteiger partial charge in [0, 0.05) is 44.5 Å². The molecule has 1 N–H and O–H groups in total. The number of nitrogens with zero attached hydrogens (tertiary/aromatic N) is 4. The summed E-state index contributed by atoms with van der Waals surface area (Å²) in [6, 6.07) is 5.96. The molecule has 3 rings (SSSR count). The van der Waals surface area contributed by atoms with E-state index in [1.165, 1.54) is 6.07 Å². The number of benzene rings is 1. The highest BCUT2D eigenvalue weighted by Crippen LogP contribution is 2.29. The van der Waals surface area contributed by atoms with Crippen molar-refractivity contribution in [2.24, 2.45) is 7.05 Å². The van der Waals surface area contributed by atoms with Gasteiger partial charge in [0.15, 0.2) is 0 Å². The Kier molecular flexibility index (Phi) is 4.76. The van der Waals surface area contributed by atoms with Gasteiger partial charge in [-0.25, -0.2) is 4.39 Å². The number of para-hydroxylation sites is 1. The van der Waals surface area contributed by atoms with Crippen LogP contribution in [0.5, 0.6) is 0 Å². The number of carbonyl (C=O) groups is 1. The zero-order chi connectivity index (χ0) is 18.1. The number of rotatable bonds is 4. The zero-order valence-corrected chi connectivity index (χ0v) is 14.7. The second-order valence-electron chi connectivity index (χ2n) is 6.42. The lowest BCUT2D eigenvalue weighted by Crippen LogP contribution is -2.49. The van der Waals surface area contributed by atoms with Crippen LogP contribution in [0.4, 0.5) is 10.1 Å². The van der Waals surface area contributed by atoms with E-state index < -0.39 is 12.0 Å². The number of hydrogen-bond donors (Lipinski definition) is 1. The van der Waals surface area contributed by atoms with Crippen LogP contribution in [0.3, 0.4) is 0 Å². The monoisotopic (exact) mass is 346 g/mol. The Bertz CT molecular complexity index is 781. The molecule has 0 amide bonds. The second kappa shape index (κ2) is 6.84. The molecule has 6 nitrogen and oxygen atoms in total. The maximum atomic E-state index is 14.0. The molecule has 0 aliphatic carbocycles. The first-order chi connectivity index (χ1) is 11.9. The Morgan fingerprint density at radius 2 is 1.84 bits per heavy atom. The minimum absolute atomic E-state index is 0.246. The molecular weight excluding hydrogens is 323 g/mol. The van der Waals surface area contributed by atoms with Crippen molar-refractivity contribution in [3.8, 4) is 0 Å². The summed E-state index contributed by atoms with van der Waals surface area (Å²) in [5.74, 6) is -1.12. The summed E-state index contributed by atoms with van der Waals surface area (Å²) in [7, 11) is 1.82. The lowest BCUT2D eigenvalue weighted by atomic mass is 10.0. The highest BCUT2D eigenvalue weighted by atomic mass is 19.1. The number of aliphatic carboxylic acids is 1. The molecule has 0 saturated carbocycles. The number of carboxylic acid groups (broad SMARTS) is 1. The number of halogens is 1. The van der Waals surface area contributed by atoms with Gasteiger partial charge in [0.25, 0.3) is 0 Å². The van der Waals surface area contributed by atoms with E-state index in [1.54, 1.807) is 16.8 Å². The van der Waals surface area contributed by atoms with Gasteiger partial charge in [0.2, 0.25) is 0 Å². The Labute approximate surface area is 146 Å². The van der Waals surface area contributed by atoms with Gasteiger partial charge in [-0.2, -0.15) is 5.10 Å². The third-order valence-electron chi connectivity index (χ3n) is 4.94. The molecule has 7 heteroatoms. The fraction of sp³-hybridized carbons (Fsp3) is 0.444. The first kappa shape index (κ1) is 17.4. The molecule has 1 unspecified atom stereocenters. The first-order valence-corrected chi connectivity index (χ1v) is 8.36. The van der Waals surface area contributed by atoms with Crippen molar-refractivity contribution >= 4 is 11.7 Å². The van der Waals surface area contributed by atoms with Gasteiger partial charge >= 0.3 is 5.97 Å². The summed E-state index contributed by atoms with van der Waals surface area (Å²) in [6.07, 6.45) is 0. The topological polar surface area (TPSA) is 61.6 Å². The van der Waals surface area contributed by atoms with Crippen LogP contribution in [0.15, 0.2) is 24.3 Å². The predicted molar refractivity (Wildman–Crippen MR) is 93.2 cm³/mol. The van der Waals surface area contributed by atoms with E-state index in [-0.39, 0.29) is 5.82 Å². The van der Waals surface area contributed by atoms with Crippen molar-refractivity contribution < 1.29 is 14.3 Å². The lowest BCUT2D eigenvalue weighted by molar-refractivity contribution is -0.143. The van der Waals surface area contributed by atoms with Crippen LogP contribution in [0.2, 0.25) is 0 Å². The van der Waals surface area contributed by atoms with Gasteiger partial charge in [0.1, 0.15) is 11.9 Å². The summed E-state index contributed by atoms with van der Waals surface area (Å²) in [5.41, 5.74) is 2.93. The van der Waals surface area contributed by atoms with Crippen LogP contribution in [0.25, 0.3) is 0 Å². The van der Waals surface area contributed by atoms with E-state index in [0.29, 0.717) is 31.9 Å². The van der Waals surface area contributed by atoms with Crippen LogP contribution in [-0.4, -0.2) is 51.9 Å². The van der Waals surface area contributed by atoms with Crippen LogP contribution >= 0.6 is 0 Å². The molecule has 0 radical (unpaired) electrons. The number of aryl methyl sites for hydroxylation is 2. The molecule has 1 fully saturated rings. The Hall–Kier alpha value is -2.41. The van der Waals surface area contributed by atoms with E-state index in [1.807, 2.05) is 36.8 Å². The van der Waals surface area contributed by atoms with Crippen molar-refractivity contribution in [2.75, 3.05) is 31.1 Å². The molecule has 0 spiro atoms. The molecule has 1 atom stereocenters. The van der Waals surface area contributed by atoms with E-state index in [9.17, 15) is 14.3 Å². The van der Waals surface area contributed by atoms with Crippen molar-refractivity contribution in [2.45, 2.75) is 19.9 Å². The Morgan fingerprint density at radius 1 is 1.20 bits per heavy atom. The molecule has 2 aromatic rings. The molecule has 1 aliphatic rings. The molecule has 1 aromatic heterocycles. The van der Waals surface area contributed by atoms with Crippen LogP contribution < -0.4 is 4.90 Å². The number of hydrogen-bond acceptors (Lipinski definition) is 4. The van der Waals surface area contributed by atoms with E-state index in [0.717, 1.165) is 17.0 Å². The largest absolute Gasteiger partial charge is 0.480 e. The van der Waals surface area contributed by atoms with Crippen molar-refractivity contribution in [3.05, 3.63) is 47.0 Å². The molecule has 134 valence electrons. The molecule has 0 bridgehead atoms. The minimum atomic E-state index is -0.876. The molecule has 2 heterocycles. The summed E-state index contributed by atoms with van der Waals surface area (Å²) in [4.78, 5) is 15.9. The fourth-order valence-corrected chi connectivity index (χ4v) is 3.58. The average molecular weight is 346 g/mol. The Balaban J connectivity index is 1.80. The summed E-state index contributed by atoms with van der Waals surface area (Å²) >= 11 is 0. The third-order valence-corrected chi connectivity index (χ3v) is 4.94.